The fraction of sp³-hybridized carbons (Fsp3) is 0. The molecule has 0 unspecified atom stereocenters. The fourth-order valence-corrected chi connectivity index (χ4v) is 5.68. The van der Waals surface area contributed by atoms with Crippen LogP contribution in [0.5, 0.6) is 0 Å². The molecule has 6 aromatic carbocycles. The first-order valence-corrected chi connectivity index (χ1v) is 12.3. The standard InChI is InChI=1S/C34H21NO/c1-2-10-25-21(7-1)15-18-30-29-13-6-12-26(34(29)35-33(25)30)24-9-5-8-22(19-24)23-16-17-28-27-11-3-4-14-31(27)36-32(28)20-23/h1-20,35H. The Bertz CT molecular complexity index is 2110. The SMILES string of the molecule is c1cc(-c2ccc3c(c2)oc2ccccc23)cc(-c2cccc3c2[nH]c2c4ccccc4ccc32)c1. The molecule has 8 rings (SSSR count). The van der Waals surface area contributed by atoms with Gasteiger partial charge < -0.3 is 9.40 Å². The third-order valence-corrected chi connectivity index (χ3v) is 7.42. The van der Waals surface area contributed by atoms with E-state index in [9.17, 15) is 0 Å². The topological polar surface area (TPSA) is 28.9 Å². The van der Waals surface area contributed by atoms with Gasteiger partial charge in [-0.2, -0.15) is 0 Å². The molecular formula is C34H21NO. The molecule has 2 aromatic heterocycles. The zero-order valence-corrected chi connectivity index (χ0v) is 19.5. The van der Waals surface area contributed by atoms with Crippen LogP contribution in [0.4, 0.5) is 0 Å². The molecule has 0 saturated carbocycles. The Balaban J connectivity index is 1.31. The lowest BCUT2D eigenvalue weighted by Crippen LogP contribution is -1.83. The van der Waals surface area contributed by atoms with Gasteiger partial charge in [-0.1, -0.05) is 97.1 Å². The van der Waals surface area contributed by atoms with E-state index in [0.29, 0.717) is 0 Å². The summed E-state index contributed by atoms with van der Waals surface area (Å²) in [6.07, 6.45) is 0. The van der Waals surface area contributed by atoms with Crippen molar-refractivity contribution in [2.45, 2.75) is 0 Å². The van der Waals surface area contributed by atoms with Gasteiger partial charge in [0.25, 0.3) is 0 Å². The van der Waals surface area contributed by atoms with Gasteiger partial charge in [-0.15, -0.1) is 0 Å². The molecule has 2 heteroatoms. The first-order valence-electron chi connectivity index (χ1n) is 12.3. The smallest absolute Gasteiger partial charge is 0.136 e. The summed E-state index contributed by atoms with van der Waals surface area (Å²) in [6, 6.07) is 43.1. The number of para-hydroxylation sites is 2. The molecule has 0 aliphatic rings. The minimum atomic E-state index is 0.920. The average molecular weight is 460 g/mol. The third kappa shape index (κ3) is 2.79. The van der Waals surface area contributed by atoms with Gasteiger partial charge in [-0.3, -0.25) is 0 Å². The maximum absolute atomic E-state index is 6.15. The van der Waals surface area contributed by atoms with Crippen LogP contribution in [-0.2, 0) is 0 Å². The van der Waals surface area contributed by atoms with E-state index < -0.39 is 0 Å². The first-order chi connectivity index (χ1) is 17.8. The van der Waals surface area contributed by atoms with Crippen molar-refractivity contribution in [2.24, 2.45) is 0 Å². The monoisotopic (exact) mass is 459 g/mol. The quantitative estimate of drug-likeness (QED) is 0.274. The molecule has 2 heterocycles. The average Bonchev–Trinajstić information content (AvgIpc) is 3.51. The third-order valence-electron chi connectivity index (χ3n) is 7.42. The van der Waals surface area contributed by atoms with Gasteiger partial charge in [-0.25, -0.2) is 0 Å². The zero-order valence-electron chi connectivity index (χ0n) is 19.5. The Hall–Kier alpha value is -4.82. The van der Waals surface area contributed by atoms with Crippen molar-refractivity contribution in [3.8, 4) is 22.3 Å². The van der Waals surface area contributed by atoms with E-state index in [1.807, 2.05) is 12.1 Å². The van der Waals surface area contributed by atoms with Gasteiger partial charge in [0.2, 0.25) is 0 Å². The van der Waals surface area contributed by atoms with Crippen LogP contribution in [-0.4, -0.2) is 4.98 Å². The highest BCUT2D eigenvalue weighted by Gasteiger charge is 2.13. The van der Waals surface area contributed by atoms with Crippen molar-refractivity contribution < 1.29 is 4.42 Å². The van der Waals surface area contributed by atoms with Gasteiger partial charge in [-0.05, 0) is 46.3 Å². The van der Waals surface area contributed by atoms with Crippen molar-refractivity contribution >= 4 is 54.5 Å². The lowest BCUT2D eigenvalue weighted by molar-refractivity contribution is 0.669. The van der Waals surface area contributed by atoms with Crippen LogP contribution < -0.4 is 0 Å². The lowest BCUT2D eigenvalue weighted by Gasteiger charge is -2.08. The molecule has 0 spiro atoms. The molecule has 2 nitrogen and oxygen atoms in total. The van der Waals surface area contributed by atoms with Crippen LogP contribution in [0.15, 0.2) is 126 Å². The van der Waals surface area contributed by atoms with Crippen LogP contribution in [0.25, 0.3) is 76.8 Å². The Morgan fingerprint density at radius 2 is 1.11 bits per heavy atom. The Labute approximate surface area is 207 Å². The minimum Gasteiger partial charge on any atom is -0.456 e. The van der Waals surface area contributed by atoms with E-state index in [2.05, 4.69) is 114 Å². The van der Waals surface area contributed by atoms with Crippen molar-refractivity contribution in [3.63, 3.8) is 0 Å². The molecule has 0 radical (unpaired) electrons. The number of furan rings is 1. The Kier molecular flexibility index (Phi) is 3.97. The van der Waals surface area contributed by atoms with Crippen molar-refractivity contribution in [3.05, 3.63) is 121 Å². The second kappa shape index (κ2) is 7.34. The molecule has 0 amide bonds. The van der Waals surface area contributed by atoms with Crippen molar-refractivity contribution in [1.29, 1.82) is 0 Å². The summed E-state index contributed by atoms with van der Waals surface area (Å²) in [6.45, 7) is 0. The van der Waals surface area contributed by atoms with E-state index in [-0.39, 0.29) is 0 Å². The van der Waals surface area contributed by atoms with Crippen LogP contribution >= 0.6 is 0 Å². The molecule has 1 N–H and O–H groups in total. The highest BCUT2D eigenvalue weighted by molar-refractivity contribution is 6.19. The summed E-state index contributed by atoms with van der Waals surface area (Å²) in [7, 11) is 0. The molecule has 0 atom stereocenters. The number of hydrogen-bond donors (Lipinski definition) is 1. The molecule has 0 saturated heterocycles. The number of rotatable bonds is 2. The van der Waals surface area contributed by atoms with E-state index >= 15 is 0 Å². The van der Waals surface area contributed by atoms with E-state index in [4.69, 9.17) is 4.42 Å². The summed E-state index contributed by atoms with van der Waals surface area (Å²) in [5, 5.41) is 7.33. The molecule has 168 valence electrons. The highest BCUT2D eigenvalue weighted by Crippen LogP contribution is 2.38. The minimum absolute atomic E-state index is 0.920. The predicted molar refractivity (Wildman–Crippen MR) is 151 cm³/mol. The van der Waals surface area contributed by atoms with Gasteiger partial charge in [0.1, 0.15) is 11.2 Å². The molecule has 0 aliphatic heterocycles. The van der Waals surface area contributed by atoms with Gasteiger partial charge in [0.15, 0.2) is 0 Å². The van der Waals surface area contributed by atoms with Crippen LogP contribution in [0.2, 0.25) is 0 Å². The number of fused-ring (bicyclic) bond motifs is 8. The number of aromatic amines is 1. The fourth-order valence-electron chi connectivity index (χ4n) is 5.68. The van der Waals surface area contributed by atoms with E-state index in [0.717, 1.165) is 27.5 Å². The molecule has 0 fully saturated rings. The predicted octanol–water partition coefficient (Wildman–Crippen LogP) is 9.71. The van der Waals surface area contributed by atoms with E-state index in [1.54, 1.807) is 0 Å². The maximum atomic E-state index is 6.15. The summed E-state index contributed by atoms with van der Waals surface area (Å²) in [5.74, 6) is 0. The first kappa shape index (κ1) is 19.5. The normalized spacial score (nSPS) is 11.9. The molecule has 36 heavy (non-hydrogen) atoms. The summed E-state index contributed by atoms with van der Waals surface area (Å²) in [4.78, 5) is 3.77. The van der Waals surface area contributed by atoms with Gasteiger partial charge >= 0.3 is 0 Å². The van der Waals surface area contributed by atoms with Gasteiger partial charge in [0.05, 0.1) is 11.0 Å². The Morgan fingerprint density at radius 1 is 0.417 bits per heavy atom. The van der Waals surface area contributed by atoms with Gasteiger partial charge in [0, 0.05) is 32.5 Å². The van der Waals surface area contributed by atoms with Crippen LogP contribution in [0, 0.1) is 0 Å². The maximum Gasteiger partial charge on any atom is 0.136 e. The lowest BCUT2D eigenvalue weighted by atomic mass is 9.97. The number of aromatic nitrogens is 1. The second-order valence-corrected chi connectivity index (χ2v) is 9.45. The van der Waals surface area contributed by atoms with Crippen LogP contribution in [0.3, 0.4) is 0 Å². The Morgan fingerprint density at radius 3 is 2.08 bits per heavy atom. The number of H-pyrrole nitrogens is 1. The number of benzene rings is 6. The summed E-state index contributed by atoms with van der Waals surface area (Å²) >= 11 is 0. The molecule has 0 aliphatic carbocycles. The largest absolute Gasteiger partial charge is 0.456 e. The number of hydrogen-bond acceptors (Lipinski definition) is 1. The second-order valence-electron chi connectivity index (χ2n) is 9.45. The zero-order chi connectivity index (χ0) is 23.6. The highest BCUT2D eigenvalue weighted by atomic mass is 16.3. The van der Waals surface area contributed by atoms with E-state index in [1.165, 1.54) is 49.3 Å². The summed E-state index contributed by atoms with van der Waals surface area (Å²) < 4.78 is 6.15. The summed E-state index contributed by atoms with van der Waals surface area (Å²) in [5.41, 5.74) is 8.95. The van der Waals surface area contributed by atoms with Crippen LogP contribution in [0.1, 0.15) is 0 Å². The van der Waals surface area contributed by atoms with Crippen molar-refractivity contribution in [2.75, 3.05) is 0 Å². The molecule has 8 aromatic rings. The number of nitrogens with one attached hydrogen (secondary N) is 1. The molecular weight excluding hydrogens is 438 g/mol. The van der Waals surface area contributed by atoms with Crippen molar-refractivity contribution in [1.82, 2.24) is 4.98 Å². The molecule has 0 bridgehead atoms.